The number of amides is 1. The molecular weight excluding hydrogens is 316 g/mol. The molecular formula is C16H14N2O4S. The molecule has 6 nitrogen and oxygen atoms in total. The molecule has 2 rings (SSSR count). The van der Waals surface area contributed by atoms with Gasteiger partial charge in [-0.15, -0.1) is 0 Å². The van der Waals surface area contributed by atoms with E-state index < -0.39 is 21.7 Å². The summed E-state index contributed by atoms with van der Waals surface area (Å²) in [6, 6.07) is 14.3. The van der Waals surface area contributed by atoms with Crippen LogP contribution in [0.5, 0.6) is 5.75 Å². The lowest BCUT2D eigenvalue weighted by Crippen LogP contribution is -2.31. The second-order valence-corrected chi connectivity index (χ2v) is 6.41. The lowest BCUT2D eigenvalue weighted by Gasteiger charge is -2.08. The molecule has 0 aliphatic rings. The third-order valence-corrected chi connectivity index (χ3v) is 4.27. The monoisotopic (exact) mass is 330 g/mol. The largest absolute Gasteiger partial charge is 0.497 e. The van der Waals surface area contributed by atoms with Gasteiger partial charge in [-0.05, 0) is 35.9 Å². The van der Waals surface area contributed by atoms with Crippen molar-refractivity contribution in [3.8, 4) is 11.8 Å². The molecule has 0 atom stereocenters. The maximum absolute atomic E-state index is 12.1. The van der Waals surface area contributed by atoms with Crippen LogP contribution in [0.3, 0.4) is 0 Å². The van der Waals surface area contributed by atoms with Crippen molar-refractivity contribution in [1.29, 1.82) is 5.26 Å². The van der Waals surface area contributed by atoms with Crippen LogP contribution in [-0.4, -0.2) is 21.4 Å². The Balaban J connectivity index is 2.14. The van der Waals surface area contributed by atoms with E-state index in [0.29, 0.717) is 11.3 Å². The molecule has 0 saturated carbocycles. The van der Waals surface area contributed by atoms with E-state index in [1.54, 1.807) is 24.3 Å². The Bertz CT molecular complexity index is 852. The Kier molecular flexibility index (Phi) is 4.98. The minimum Gasteiger partial charge on any atom is -0.497 e. The van der Waals surface area contributed by atoms with Crippen molar-refractivity contribution in [3.05, 3.63) is 65.2 Å². The van der Waals surface area contributed by atoms with Crippen LogP contribution in [0, 0.1) is 11.3 Å². The van der Waals surface area contributed by atoms with E-state index in [1.165, 1.54) is 31.4 Å². The zero-order chi connectivity index (χ0) is 16.9. The topological polar surface area (TPSA) is 96.3 Å². The molecule has 0 spiro atoms. The molecule has 0 heterocycles. The van der Waals surface area contributed by atoms with Gasteiger partial charge in [-0.25, -0.2) is 13.1 Å². The fourth-order valence-corrected chi connectivity index (χ4v) is 3.07. The molecule has 0 fully saturated rings. The fraction of sp³-hybridized carbons (Fsp3) is 0.125. The van der Waals surface area contributed by atoms with E-state index in [9.17, 15) is 13.2 Å². The quantitative estimate of drug-likeness (QED) is 0.902. The zero-order valence-electron chi connectivity index (χ0n) is 12.3. The molecule has 0 aliphatic heterocycles. The van der Waals surface area contributed by atoms with E-state index >= 15 is 0 Å². The number of sulfonamides is 1. The molecule has 0 radical (unpaired) electrons. The Morgan fingerprint density at radius 1 is 1.17 bits per heavy atom. The van der Waals surface area contributed by atoms with Crippen molar-refractivity contribution in [2.45, 2.75) is 5.75 Å². The summed E-state index contributed by atoms with van der Waals surface area (Å²) < 4.78 is 31.2. The lowest BCUT2D eigenvalue weighted by molar-refractivity contribution is 0.0981. The van der Waals surface area contributed by atoms with Crippen molar-refractivity contribution >= 4 is 15.9 Å². The zero-order valence-corrected chi connectivity index (χ0v) is 13.1. The molecule has 0 unspecified atom stereocenters. The molecule has 2 aromatic carbocycles. The molecule has 7 heteroatoms. The fourth-order valence-electron chi connectivity index (χ4n) is 1.94. The highest BCUT2D eigenvalue weighted by Gasteiger charge is 2.18. The number of nitriles is 1. The molecule has 1 N–H and O–H groups in total. The van der Waals surface area contributed by atoms with E-state index in [-0.39, 0.29) is 11.1 Å². The standard InChI is InChI=1S/C16H14N2O4S/c1-22-15-8-6-12(7-9-15)16(19)18-23(20,21)11-14-5-3-2-4-13(14)10-17/h2-9H,11H2,1H3,(H,18,19). The van der Waals surface area contributed by atoms with Crippen LogP contribution in [0.15, 0.2) is 48.5 Å². The first-order valence-corrected chi connectivity index (χ1v) is 8.27. The van der Waals surface area contributed by atoms with Gasteiger partial charge < -0.3 is 4.74 Å². The van der Waals surface area contributed by atoms with Crippen molar-refractivity contribution in [2.75, 3.05) is 7.11 Å². The number of benzene rings is 2. The normalized spacial score (nSPS) is 10.6. The summed E-state index contributed by atoms with van der Waals surface area (Å²) in [5, 5.41) is 8.98. The van der Waals surface area contributed by atoms with Crippen LogP contribution in [0.4, 0.5) is 0 Å². The highest BCUT2D eigenvalue weighted by Crippen LogP contribution is 2.13. The van der Waals surface area contributed by atoms with Gasteiger partial charge in [0, 0.05) is 5.56 Å². The Hall–Kier alpha value is -2.85. The third kappa shape index (κ3) is 4.31. The van der Waals surface area contributed by atoms with Gasteiger partial charge in [0.15, 0.2) is 0 Å². The summed E-state index contributed by atoms with van der Waals surface area (Å²) in [7, 11) is -2.42. The third-order valence-electron chi connectivity index (χ3n) is 3.08. The minimum atomic E-state index is -3.91. The first-order valence-electron chi connectivity index (χ1n) is 6.62. The maximum Gasteiger partial charge on any atom is 0.264 e. The summed E-state index contributed by atoms with van der Waals surface area (Å²) in [5.74, 6) is -0.618. The Labute approximate surface area is 134 Å². The molecule has 0 saturated heterocycles. The van der Waals surface area contributed by atoms with Crippen LogP contribution in [0.1, 0.15) is 21.5 Å². The average Bonchev–Trinajstić information content (AvgIpc) is 2.54. The number of hydrogen-bond donors (Lipinski definition) is 1. The Morgan fingerprint density at radius 2 is 1.83 bits per heavy atom. The number of carbonyl (C=O) groups is 1. The number of nitrogens with one attached hydrogen (secondary N) is 1. The Morgan fingerprint density at radius 3 is 2.43 bits per heavy atom. The molecule has 1 amide bonds. The molecule has 23 heavy (non-hydrogen) atoms. The van der Waals surface area contributed by atoms with Crippen LogP contribution in [-0.2, 0) is 15.8 Å². The molecule has 0 aliphatic carbocycles. The summed E-state index contributed by atoms with van der Waals surface area (Å²) in [4.78, 5) is 12.0. The highest BCUT2D eigenvalue weighted by molar-refractivity contribution is 7.89. The summed E-state index contributed by atoms with van der Waals surface area (Å²) >= 11 is 0. The summed E-state index contributed by atoms with van der Waals surface area (Å²) in [6.45, 7) is 0. The summed E-state index contributed by atoms with van der Waals surface area (Å²) in [5.41, 5.74) is 0.794. The number of nitrogens with zero attached hydrogens (tertiary/aromatic N) is 1. The smallest absolute Gasteiger partial charge is 0.264 e. The van der Waals surface area contributed by atoms with Gasteiger partial charge in [0.2, 0.25) is 10.0 Å². The van der Waals surface area contributed by atoms with Crippen molar-refractivity contribution in [3.63, 3.8) is 0 Å². The molecule has 0 aromatic heterocycles. The number of rotatable bonds is 5. The first-order chi connectivity index (χ1) is 10.9. The number of hydrogen-bond acceptors (Lipinski definition) is 5. The van der Waals surface area contributed by atoms with Gasteiger partial charge in [0.1, 0.15) is 5.75 Å². The van der Waals surface area contributed by atoms with Crippen molar-refractivity contribution in [2.24, 2.45) is 0 Å². The van der Waals surface area contributed by atoms with E-state index in [2.05, 4.69) is 0 Å². The summed E-state index contributed by atoms with van der Waals surface area (Å²) in [6.07, 6.45) is 0. The molecule has 118 valence electrons. The van der Waals surface area contributed by atoms with Crippen LogP contribution >= 0.6 is 0 Å². The van der Waals surface area contributed by atoms with Gasteiger partial charge >= 0.3 is 0 Å². The predicted molar refractivity (Wildman–Crippen MR) is 84.2 cm³/mol. The first kappa shape index (κ1) is 16.5. The highest BCUT2D eigenvalue weighted by atomic mass is 32.2. The second kappa shape index (κ2) is 6.94. The van der Waals surface area contributed by atoms with E-state index in [1.807, 2.05) is 10.8 Å². The number of carbonyl (C=O) groups excluding carboxylic acids is 1. The van der Waals surface area contributed by atoms with Gasteiger partial charge in [0.05, 0.1) is 24.5 Å². The SMILES string of the molecule is COc1ccc(C(=O)NS(=O)(=O)Cc2ccccc2C#N)cc1. The maximum atomic E-state index is 12.1. The lowest BCUT2D eigenvalue weighted by atomic mass is 10.1. The number of ether oxygens (including phenoxy) is 1. The van der Waals surface area contributed by atoms with Crippen molar-refractivity contribution < 1.29 is 17.9 Å². The van der Waals surface area contributed by atoms with Gasteiger partial charge in [0.25, 0.3) is 5.91 Å². The van der Waals surface area contributed by atoms with Gasteiger partial charge in [-0.2, -0.15) is 5.26 Å². The van der Waals surface area contributed by atoms with Gasteiger partial charge in [-0.3, -0.25) is 4.79 Å². The molecule has 2 aromatic rings. The average molecular weight is 330 g/mol. The molecule has 0 bridgehead atoms. The van der Waals surface area contributed by atoms with Crippen LogP contribution in [0.25, 0.3) is 0 Å². The minimum absolute atomic E-state index is 0.197. The van der Waals surface area contributed by atoms with Crippen LogP contribution in [0.2, 0.25) is 0 Å². The van der Waals surface area contributed by atoms with Crippen LogP contribution < -0.4 is 9.46 Å². The van der Waals surface area contributed by atoms with E-state index in [4.69, 9.17) is 10.00 Å². The van der Waals surface area contributed by atoms with Gasteiger partial charge in [-0.1, -0.05) is 18.2 Å². The number of methoxy groups -OCH3 is 1. The predicted octanol–water partition coefficient (Wildman–Crippen LogP) is 1.83. The van der Waals surface area contributed by atoms with E-state index in [0.717, 1.165) is 0 Å². The second-order valence-electron chi connectivity index (χ2n) is 4.69. The van der Waals surface area contributed by atoms with Crippen molar-refractivity contribution in [1.82, 2.24) is 4.72 Å².